The maximum absolute atomic E-state index is 5.91. The van der Waals surface area contributed by atoms with Gasteiger partial charge < -0.3 is 10.3 Å². The van der Waals surface area contributed by atoms with Crippen LogP contribution in [0.4, 0.5) is 0 Å². The monoisotopic (exact) mass is 228 g/mol. The first-order valence-electron chi connectivity index (χ1n) is 6.41. The molecule has 0 radical (unpaired) electrons. The summed E-state index contributed by atoms with van der Waals surface area (Å²) in [5.41, 5.74) is 7.99. The van der Waals surface area contributed by atoms with Crippen molar-refractivity contribution in [3.63, 3.8) is 0 Å². The lowest BCUT2D eigenvalue weighted by Crippen LogP contribution is -2.38. The van der Waals surface area contributed by atoms with E-state index >= 15 is 0 Å². The number of pyridine rings is 1. The zero-order valence-corrected chi connectivity index (χ0v) is 9.71. The van der Waals surface area contributed by atoms with Gasteiger partial charge in [-0.1, -0.05) is 0 Å². The highest BCUT2D eigenvalue weighted by atomic mass is 15.2. The van der Waals surface area contributed by atoms with Crippen molar-refractivity contribution in [1.29, 1.82) is 0 Å². The molecule has 2 N–H and O–H groups in total. The van der Waals surface area contributed by atoms with Crippen molar-refractivity contribution in [1.82, 2.24) is 14.5 Å². The average Bonchev–Trinajstić information content (AvgIpc) is 3.07. The van der Waals surface area contributed by atoms with Gasteiger partial charge in [-0.05, 0) is 37.8 Å². The Hall–Kier alpha value is -1.42. The first-order chi connectivity index (χ1) is 8.33. The number of hydrogen-bond donors (Lipinski definition) is 1. The Morgan fingerprint density at radius 3 is 2.82 bits per heavy atom. The smallest absolute Gasteiger partial charge is 0.160 e. The van der Waals surface area contributed by atoms with E-state index < -0.39 is 0 Å². The topological polar surface area (TPSA) is 56.7 Å². The molecule has 4 rings (SSSR count). The van der Waals surface area contributed by atoms with E-state index in [2.05, 4.69) is 15.6 Å². The molecule has 0 bridgehead atoms. The van der Waals surface area contributed by atoms with Crippen molar-refractivity contribution in [2.24, 2.45) is 5.73 Å². The Balaban J connectivity index is 1.88. The molecule has 2 aliphatic rings. The van der Waals surface area contributed by atoms with E-state index in [1.54, 1.807) is 0 Å². The van der Waals surface area contributed by atoms with Gasteiger partial charge in [-0.2, -0.15) is 0 Å². The van der Waals surface area contributed by atoms with Crippen LogP contribution < -0.4 is 5.73 Å². The van der Waals surface area contributed by atoms with Gasteiger partial charge in [-0.3, -0.25) is 0 Å². The Morgan fingerprint density at radius 2 is 2.12 bits per heavy atom. The fraction of sp³-hybridized carbons (Fsp3) is 0.538. The van der Waals surface area contributed by atoms with Crippen molar-refractivity contribution in [2.45, 2.75) is 43.7 Å². The summed E-state index contributed by atoms with van der Waals surface area (Å²) in [5, 5.41) is 0. The van der Waals surface area contributed by atoms with Gasteiger partial charge in [0.25, 0.3) is 0 Å². The molecule has 0 atom stereocenters. The third kappa shape index (κ3) is 1.40. The summed E-state index contributed by atoms with van der Waals surface area (Å²) in [5.74, 6) is 1.91. The maximum atomic E-state index is 5.91. The second-order valence-corrected chi connectivity index (χ2v) is 5.35. The minimum atomic E-state index is 0.369. The lowest BCUT2D eigenvalue weighted by molar-refractivity contribution is 0.265. The van der Waals surface area contributed by atoms with Crippen molar-refractivity contribution >= 4 is 11.2 Å². The molecule has 0 aliphatic heterocycles. The quantitative estimate of drug-likeness (QED) is 0.855. The predicted octanol–water partition coefficient (Wildman–Crippen LogP) is 1.97. The van der Waals surface area contributed by atoms with Crippen molar-refractivity contribution in [3.8, 4) is 0 Å². The first-order valence-corrected chi connectivity index (χ1v) is 6.41. The van der Waals surface area contributed by atoms with E-state index in [9.17, 15) is 0 Å². The van der Waals surface area contributed by atoms with Gasteiger partial charge in [-0.25, -0.2) is 9.97 Å². The van der Waals surface area contributed by atoms with Gasteiger partial charge in [0.2, 0.25) is 0 Å². The van der Waals surface area contributed by atoms with Crippen LogP contribution in [0.25, 0.3) is 11.2 Å². The summed E-state index contributed by atoms with van der Waals surface area (Å²) in [4.78, 5) is 9.26. The fourth-order valence-corrected chi connectivity index (χ4v) is 2.78. The SMILES string of the molecule is N[C@H]1C[C@H](n2c(C3CC3)nc3cccnc32)C1. The summed E-state index contributed by atoms with van der Waals surface area (Å²) >= 11 is 0. The highest BCUT2D eigenvalue weighted by Gasteiger charge is 2.36. The Morgan fingerprint density at radius 1 is 1.29 bits per heavy atom. The van der Waals surface area contributed by atoms with E-state index in [0.717, 1.165) is 24.0 Å². The number of hydrogen-bond acceptors (Lipinski definition) is 3. The van der Waals surface area contributed by atoms with Crippen LogP contribution in [0.3, 0.4) is 0 Å². The van der Waals surface area contributed by atoms with E-state index in [-0.39, 0.29) is 0 Å². The molecule has 4 heteroatoms. The van der Waals surface area contributed by atoms with E-state index in [1.807, 2.05) is 12.3 Å². The molecule has 0 unspecified atom stereocenters. The molecular formula is C13H16N4. The second kappa shape index (κ2) is 3.29. The number of imidazole rings is 1. The molecule has 17 heavy (non-hydrogen) atoms. The lowest BCUT2D eigenvalue weighted by atomic mass is 9.87. The van der Waals surface area contributed by atoms with Gasteiger partial charge >= 0.3 is 0 Å². The standard InChI is InChI=1S/C13H16N4/c14-9-6-10(7-9)17-12(8-3-4-8)16-11-2-1-5-15-13(11)17/h1-2,5,8-10H,3-4,6-7,14H2/t9-,10-. The van der Waals surface area contributed by atoms with Crippen molar-refractivity contribution in [2.75, 3.05) is 0 Å². The summed E-state index contributed by atoms with van der Waals surface area (Å²) in [6.45, 7) is 0. The summed E-state index contributed by atoms with van der Waals surface area (Å²) in [7, 11) is 0. The first kappa shape index (κ1) is 9.59. The zero-order chi connectivity index (χ0) is 11.4. The van der Waals surface area contributed by atoms with Crippen LogP contribution in [0.2, 0.25) is 0 Å². The van der Waals surface area contributed by atoms with E-state index in [4.69, 9.17) is 10.7 Å². The Labute approximate surface area is 99.9 Å². The van der Waals surface area contributed by atoms with Gasteiger partial charge in [0.05, 0.1) is 0 Å². The molecule has 0 saturated heterocycles. The maximum Gasteiger partial charge on any atom is 0.160 e. The predicted molar refractivity (Wildman–Crippen MR) is 65.7 cm³/mol. The van der Waals surface area contributed by atoms with Crippen molar-refractivity contribution in [3.05, 3.63) is 24.2 Å². The van der Waals surface area contributed by atoms with E-state index in [0.29, 0.717) is 18.0 Å². The number of nitrogens with two attached hydrogens (primary N) is 1. The van der Waals surface area contributed by atoms with Crippen molar-refractivity contribution < 1.29 is 0 Å². The highest BCUT2D eigenvalue weighted by molar-refractivity contribution is 5.71. The third-order valence-corrected chi connectivity index (χ3v) is 3.93. The molecule has 2 saturated carbocycles. The normalized spacial score (nSPS) is 28.3. The van der Waals surface area contributed by atoms with Gasteiger partial charge in [0, 0.05) is 24.2 Å². The fourth-order valence-electron chi connectivity index (χ4n) is 2.78. The van der Waals surface area contributed by atoms with Crippen LogP contribution in [0.1, 0.15) is 43.5 Å². The summed E-state index contributed by atoms with van der Waals surface area (Å²) in [6, 6.07) is 4.92. The minimum Gasteiger partial charge on any atom is -0.328 e. The van der Waals surface area contributed by atoms with Crippen LogP contribution in [0.5, 0.6) is 0 Å². The lowest BCUT2D eigenvalue weighted by Gasteiger charge is -2.34. The van der Waals surface area contributed by atoms with Crippen LogP contribution in [0.15, 0.2) is 18.3 Å². The number of fused-ring (bicyclic) bond motifs is 1. The van der Waals surface area contributed by atoms with Crippen LogP contribution in [-0.4, -0.2) is 20.6 Å². The zero-order valence-electron chi connectivity index (χ0n) is 9.71. The number of nitrogens with zero attached hydrogens (tertiary/aromatic N) is 3. The molecule has 0 aromatic carbocycles. The van der Waals surface area contributed by atoms with Crippen LogP contribution in [-0.2, 0) is 0 Å². The Bertz CT molecular complexity index is 564. The molecular weight excluding hydrogens is 212 g/mol. The summed E-state index contributed by atoms with van der Waals surface area (Å²) < 4.78 is 2.36. The molecule has 88 valence electrons. The third-order valence-electron chi connectivity index (χ3n) is 3.93. The molecule has 2 aromatic rings. The minimum absolute atomic E-state index is 0.369. The van der Waals surface area contributed by atoms with Gasteiger partial charge in [-0.15, -0.1) is 0 Å². The van der Waals surface area contributed by atoms with E-state index in [1.165, 1.54) is 18.7 Å². The second-order valence-electron chi connectivity index (χ2n) is 5.35. The van der Waals surface area contributed by atoms with Gasteiger partial charge in [0.15, 0.2) is 5.65 Å². The summed E-state index contributed by atoms with van der Waals surface area (Å²) in [6.07, 6.45) is 6.56. The molecule has 2 aliphatic carbocycles. The highest BCUT2D eigenvalue weighted by Crippen LogP contribution is 2.44. The van der Waals surface area contributed by atoms with Gasteiger partial charge in [0.1, 0.15) is 11.3 Å². The number of aromatic nitrogens is 3. The largest absolute Gasteiger partial charge is 0.328 e. The molecule has 2 fully saturated rings. The Kier molecular flexibility index (Phi) is 1.86. The number of rotatable bonds is 2. The van der Waals surface area contributed by atoms with Crippen LogP contribution in [0, 0.1) is 0 Å². The molecule has 0 amide bonds. The van der Waals surface area contributed by atoms with Crippen LogP contribution >= 0.6 is 0 Å². The molecule has 0 spiro atoms. The molecule has 4 nitrogen and oxygen atoms in total. The average molecular weight is 228 g/mol. The molecule has 2 heterocycles. The molecule has 2 aromatic heterocycles.